The Morgan fingerprint density at radius 1 is 1.31 bits per heavy atom. The van der Waals surface area contributed by atoms with Gasteiger partial charge >= 0.3 is 6.55 Å². The number of hydrogen-bond donors (Lipinski definition) is 1. The van der Waals surface area contributed by atoms with Gasteiger partial charge in [-0.3, -0.25) is 4.68 Å². The summed E-state index contributed by atoms with van der Waals surface area (Å²) in [6, 6.07) is 3.34. The van der Waals surface area contributed by atoms with Crippen molar-refractivity contribution < 1.29 is 8.78 Å². The molecule has 5 nitrogen and oxygen atoms in total. The zero-order chi connectivity index (χ0) is 11.5. The molecule has 0 aliphatic heterocycles. The summed E-state index contributed by atoms with van der Waals surface area (Å²) in [5.74, 6) is 0.408. The third-order valence-corrected chi connectivity index (χ3v) is 2.03. The maximum absolute atomic E-state index is 12.2. The van der Waals surface area contributed by atoms with Gasteiger partial charge in [0.25, 0.3) is 0 Å². The first-order chi connectivity index (χ1) is 7.65. The van der Waals surface area contributed by atoms with Crippen LogP contribution in [0.4, 0.5) is 14.6 Å². The van der Waals surface area contributed by atoms with Crippen LogP contribution in [-0.2, 0) is 13.6 Å². The first kappa shape index (κ1) is 10.6. The molecule has 1 N–H and O–H groups in total. The maximum atomic E-state index is 12.2. The molecule has 0 aliphatic carbocycles. The van der Waals surface area contributed by atoms with Crippen LogP contribution in [0.2, 0.25) is 0 Å². The molecule has 0 amide bonds. The van der Waals surface area contributed by atoms with Gasteiger partial charge in [0.15, 0.2) is 0 Å². The SMILES string of the molecule is Cn1ccc(CNc2ccn(C(F)F)n2)n1. The standard InChI is InChI=1S/C9H11F2N5/c1-15-4-2-7(13-15)6-12-8-3-5-16(14-8)9(10)11/h2-5,9H,6H2,1H3,(H,12,14). The molecule has 0 saturated carbocycles. The number of hydrogen-bond acceptors (Lipinski definition) is 3. The minimum absolute atomic E-state index is 0.408. The molecule has 2 aromatic rings. The van der Waals surface area contributed by atoms with E-state index in [0.29, 0.717) is 17.0 Å². The zero-order valence-electron chi connectivity index (χ0n) is 8.64. The fourth-order valence-corrected chi connectivity index (χ4v) is 1.28. The molecule has 0 radical (unpaired) electrons. The van der Waals surface area contributed by atoms with Gasteiger partial charge in [0.1, 0.15) is 5.82 Å². The van der Waals surface area contributed by atoms with Crippen LogP contribution in [-0.4, -0.2) is 19.6 Å². The van der Waals surface area contributed by atoms with Crippen molar-refractivity contribution >= 4 is 5.82 Å². The second kappa shape index (κ2) is 4.30. The van der Waals surface area contributed by atoms with Crippen molar-refractivity contribution in [2.75, 3.05) is 5.32 Å². The van der Waals surface area contributed by atoms with E-state index in [2.05, 4.69) is 15.5 Å². The van der Waals surface area contributed by atoms with Crippen molar-refractivity contribution in [3.05, 3.63) is 30.2 Å². The molecule has 7 heteroatoms. The van der Waals surface area contributed by atoms with E-state index in [0.717, 1.165) is 5.69 Å². The van der Waals surface area contributed by atoms with E-state index in [1.807, 2.05) is 19.3 Å². The quantitative estimate of drug-likeness (QED) is 0.863. The fourth-order valence-electron chi connectivity index (χ4n) is 1.28. The number of rotatable bonds is 4. The molecule has 0 fully saturated rings. The van der Waals surface area contributed by atoms with Crippen molar-refractivity contribution in [3.8, 4) is 0 Å². The highest BCUT2D eigenvalue weighted by molar-refractivity contribution is 5.32. The summed E-state index contributed by atoms with van der Waals surface area (Å²) >= 11 is 0. The van der Waals surface area contributed by atoms with Crippen LogP contribution < -0.4 is 5.32 Å². The summed E-state index contributed by atoms with van der Waals surface area (Å²) in [5.41, 5.74) is 0.828. The molecule has 86 valence electrons. The molecule has 0 aromatic carbocycles. The number of aromatic nitrogens is 4. The van der Waals surface area contributed by atoms with Crippen molar-refractivity contribution in [2.24, 2.45) is 7.05 Å². The average molecular weight is 227 g/mol. The number of halogens is 2. The van der Waals surface area contributed by atoms with Crippen LogP contribution in [0.15, 0.2) is 24.5 Å². The van der Waals surface area contributed by atoms with E-state index < -0.39 is 6.55 Å². The van der Waals surface area contributed by atoms with Crippen LogP contribution >= 0.6 is 0 Å². The van der Waals surface area contributed by atoms with Gasteiger partial charge in [0.05, 0.1) is 12.2 Å². The Morgan fingerprint density at radius 2 is 2.12 bits per heavy atom. The summed E-state index contributed by atoms with van der Waals surface area (Å²) in [4.78, 5) is 0. The van der Waals surface area contributed by atoms with E-state index in [1.54, 1.807) is 4.68 Å². The summed E-state index contributed by atoms with van der Waals surface area (Å²) in [6.07, 6.45) is 3.04. The van der Waals surface area contributed by atoms with Crippen molar-refractivity contribution in [1.29, 1.82) is 0 Å². The monoisotopic (exact) mass is 227 g/mol. The van der Waals surface area contributed by atoms with Crippen LogP contribution in [0.5, 0.6) is 0 Å². The molecule has 0 atom stereocenters. The Bertz CT molecular complexity index is 462. The van der Waals surface area contributed by atoms with Gasteiger partial charge in [-0.25, -0.2) is 4.68 Å². The average Bonchev–Trinajstić information content (AvgIpc) is 2.83. The van der Waals surface area contributed by atoms with E-state index in [1.165, 1.54) is 12.3 Å². The van der Waals surface area contributed by atoms with E-state index in [-0.39, 0.29) is 0 Å². The highest BCUT2D eigenvalue weighted by Crippen LogP contribution is 2.11. The number of alkyl halides is 2. The van der Waals surface area contributed by atoms with Crippen molar-refractivity contribution in [2.45, 2.75) is 13.1 Å². The molecule has 0 unspecified atom stereocenters. The lowest BCUT2D eigenvalue weighted by atomic mass is 10.4. The lowest BCUT2D eigenvalue weighted by Gasteiger charge is -2.00. The van der Waals surface area contributed by atoms with Gasteiger partial charge in [0, 0.05) is 25.5 Å². The van der Waals surface area contributed by atoms with Gasteiger partial charge in [0.2, 0.25) is 0 Å². The first-order valence-electron chi connectivity index (χ1n) is 4.71. The predicted octanol–water partition coefficient (Wildman–Crippen LogP) is 1.62. The molecule has 0 spiro atoms. The highest BCUT2D eigenvalue weighted by atomic mass is 19.3. The summed E-state index contributed by atoms with van der Waals surface area (Å²) in [6.45, 7) is -2.15. The smallest absolute Gasteiger partial charge is 0.333 e. The third-order valence-electron chi connectivity index (χ3n) is 2.03. The molecule has 2 aromatic heterocycles. The largest absolute Gasteiger partial charge is 0.363 e. The molecule has 0 saturated heterocycles. The lowest BCUT2D eigenvalue weighted by Crippen LogP contribution is -2.03. The van der Waals surface area contributed by atoms with Gasteiger partial charge in [-0.1, -0.05) is 0 Å². The Morgan fingerprint density at radius 3 is 2.69 bits per heavy atom. The van der Waals surface area contributed by atoms with Gasteiger partial charge in [-0.2, -0.15) is 19.0 Å². The maximum Gasteiger partial charge on any atom is 0.333 e. The molecule has 2 rings (SSSR count). The molecule has 0 bridgehead atoms. The number of aryl methyl sites for hydroxylation is 1. The fraction of sp³-hybridized carbons (Fsp3) is 0.333. The normalized spacial score (nSPS) is 11.0. The second-order valence-corrected chi connectivity index (χ2v) is 3.29. The molecule has 16 heavy (non-hydrogen) atoms. The number of anilines is 1. The molecule has 2 heterocycles. The number of nitrogens with zero attached hydrogens (tertiary/aromatic N) is 4. The van der Waals surface area contributed by atoms with Gasteiger partial charge in [-0.05, 0) is 6.07 Å². The summed E-state index contributed by atoms with van der Waals surface area (Å²) in [7, 11) is 1.81. The Labute approximate surface area is 90.7 Å². The molecular formula is C9H11F2N5. The van der Waals surface area contributed by atoms with Crippen molar-refractivity contribution in [1.82, 2.24) is 19.6 Å². The van der Waals surface area contributed by atoms with Gasteiger partial charge in [-0.15, -0.1) is 0 Å². The van der Waals surface area contributed by atoms with E-state index in [4.69, 9.17) is 0 Å². The van der Waals surface area contributed by atoms with E-state index in [9.17, 15) is 8.78 Å². The zero-order valence-corrected chi connectivity index (χ0v) is 8.64. The molecule has 0 aliphatic rings. The molecular weight excluding hydrogens is 216 g/mol. The predicted molar refractivity (Wildman–Crippen MR) is 54.0 cm³/mol. The van der Waals surface area contributed by atoms with E-state index >= 15 is 0 Å². The second-order valence-electron chi connectivity index (χ2n) is 3.29. The summed E-state index contributed by atoms with van der Waals surface area (Å²) in [5, 5.41) is 10.7. The van der Waals surface area contributed by atoms with Crippen molar-refractivity contribution in [3.63, 3.8) is 0 Å². The number of nitrogens with one attached hydrogen (secondary N) is 1. The van der Waals surface area contributed by atoms with Crippen LogP contribution in [0.3, 0.4) is 0 Å². The summed E-state index contributed by atoms with van der Waals surface area (Å²) < 4.78 is 26.7. The van der Waals surface area contributed by atoms with Gasteiger partial charge < -0.3 is 5.32 Å². The minimum Gasteiger partial charge on any atom is -0.363 e. The Balaban J connectivity index is 1.94. The first-order valence-corrected chi connectivity index (χ1v) is 4.71. The lowest BCUT2D eigenvalue weighted by molar-refractivity contribution is 0.0569. The third kappa shape index (κ3) is 2.36. The highest BCUT2D eigenvalue weighted by Gasteiger charge is 2.07. The Hall–Kier alpha value is -1.92. The topological polar surface area (TPSA) is 47.7 Å². The Kier molecular flexibility index (Phi) is 2.84. The van der Waals surface area contributed by atoms with Crippen LogP contribution in [0.25, 0.3) is 0 Å². The van der Waals surface area contributed by atoms with Crippen LogP contribution in [0.1, 0.15) is 12.2 Å². The van der Waals surface area contributed by atoms with Crippen LogP contribution in [0, 0.1) is 0 Å². The minimum atomic E-state index is -2.61.